The normalized spacial score (nSPS) is 10.3. The van der Waals surface area contributed by atoms with Crippen LogP contribution in [0.3, 0.4) is 0 Å². The second kappa shape index (κ2) is 5.64. The van der Waals surface area contributed by atoms with E-state index in [1.54, 1.807) is 12.1 Å². The van der Waals surface area contributed by atoms with Crippen LogP contribution in [-0.2, 0) is 0 Å². The fourth-order valence-corrected chi connectivity index (χ4v) is 2.07. The molecule has 0 spiro atoms. The topological polar surface area (TPSA) is 29.1 Å². The Balaban J connectivity index is 2.22. The average Bonchev–Trinajstić information content (AvgIpc) is 2.32. The third-order valence-electron chi connectivity index (χ3n) is 2.55. The van der Waals surface area contributed by atoms with Crippen LogP contribution in [0.1, 0.15) is 15.9 Å². The van der Waals surface area contributed by atoms with Gasteiger partial charge in [-0.05, 0) is 59.3 Å². The molecule has 98 valence electrons. The molecule has 0 saturated carbocycles. The molecule has 2 aromatic carbocycles. The van der Waals surface area contributed by atoms with Crippen molar-refractivity contribution in [2.45, 2.75) is 6.92 Å². The summed E-state index contributed by atoms with van der Waals surface area (Å²) in [5.41, 5.74) is 1.63. The fraction of sp³-hybridized carbons (Fsp3) is 0.0714. The van der Waals surface area contributed by atoms with Crippen LogP contribution in [0.2, 0.25) is 0 Å². The summed E-state index contributed by atoms with van der Waals surface area (Å²) in [4.78, 5) is 11.9. The van der Waals surface area contributed by atoms with E-state index in [4.69, 9.17) is 0 Å². The lowest BCUT2D eigenvalue weighted by Gasteiger charge is -2.07. The van der Waals surface area contributed by atoms with Crippen molar-refractivity contribution < 1.29 is 13.6 Å². The summed E-state index contributed by atoms with van der Waals surface area (Å²) in [6.07, 6.45) is 0. The molecule has 2 nitrogen and oxygen atoms in total. The zero-order valence-corrected chi connectivity index (χ0v) is 12.2. The number of anilines is 1. The summed E-state index contributed by atoms with van der Waals surface area (Å²) >= 11 is 2.15. The van der Waals surface area contributed by atoms with Crippen molar-refractivity contribution in [1.29, 1.82) is 0 Å². The Morgan fingerprint density at radius 3 is 2.32 bits per heavy atom. The summed E-state index contributed by atoms with van der Waals surface area (Å²) in [7, 11) is 0. The van der Waals surface area contributed by atoms with Gasteiger partial charge in [0.2, 0.25) is 0 Å². The number of halogens is 3. The van der Waals surface area contributed by atoms with Gasteiger partial charge < -0.3 is 5.32 Å². The second-order valence-corrected chi connectivity index (χ2v) is 5.24. The van der Waals surface area contributed by atoms with Gasteiger partial charge in [0.1, 0.15) is 11.6 Å². The first-order valence-electron chi connectivity index (χ1n) is 5.49. The highest BCUT2D eigenvalue weighted by atomic mass is 127. The lowest BCUT2D eigenvalue weighted by atomic mass is 10.2. The van der Waals surface area contributed by atoms with E-state index in [0.29, 0.717) is 5.69 Å². The van der Waals surface area contributed by atoms with Crippen molar-refractivity contribution >= 4 is 34.2 Å². The Morgan fingerprint density at radius 1 is 1.11 bits per heavy atom. The van der Waals surface area contributed by atoms with Gasteiger partial charge in [-0.15, -0.1) is 0 Å². The van der Waals surface area contributed by atoms with Crippen molar-refractivity contribution in [3.05, 3.63) is 62.7 Å². The number of carbonyl (C=O) groups is 1. The van der Waals surface area contributed by atoms with E-state index in [0.717, 1.165) is 27.3 Å². The summed E-state index contributed by atoms with van der Waals surface area (Å²) in [5.74, 6) is -2.09. The zero-order chi connectivity index (χ0) is 14.0. The summed E-state index contributed by atoms with van der Waals surface area (Å²) in [5, 5.41) is 2.60. The number of amides is 1. The molecule has 1 N–H and O–H groups in total. The molecule has 0 aliphatic heterocycles. The minimum atomic E-state index is -0.774. The highest BCUT2D eigenvalue weighted by Gasteiger charge is 2.10. The Morgan fingerprint density at radius 2 is 1.74 bits per heavy atom. The zero-order valence-electron chi connectivity index (χ0n) is 10.0. The van der Waals surface area contributed by atoms with Gasteiger partial charge in [0.05, 0.1) is 0 Å². The molecule has 0 saturated heterocycles. The average molecular weight is 373 g/mol. The van der Waals surface area contributed by atoms with Crippen molar-refractivity contribution in [2.24, 2.45) is 0 Å². The fourth-order valence-electron chi connectivity index (χ4n) is 1.56. The minimum absolute atomic E-state index is 0.0481. The SMILES string of the molecule is Cc1ccc(NC(=O)c2cc(F)cc(F)c2)cc1I. The molecule has 0 bridgehead atoms. The highest BCUT2D eigenvalue weighted by Crippen LogP contribution is 2.18. The van der Waals surface area contributed by atoms with Crippen LogP contribution in [0.25, 0.3) is 0 Å². The van der Waals surface area contributed by atoms with Crippen molar-refractivity contribution in [2.75, 3.05) is 5.32 Å². The maximum absolute atomic E-state index is 13.0. The maximum Gasteiger partial charge on any atom is 0.255 e. The summed E-state index contributed by atoms with van der Waals surface area (Å²) in [6.45, 7) is 1.95. The number of hydrogen-bond acceptors (Lipinski definition) is 1. The molecular formula is C14H10F2INO. The molecule has 1 amide bonds. The van der Waals surface area contributed by atoms with Crippen LogP contribution in [0.4, 0.5) is 14.5 Å². The Hall–Kier alpha value is -1.50. The third kappa shape index (κ3) is 3.50. The molecule has 0 fully saturated rings. The lowest BCUT2D eigenvalue weighted by molar-refractivity contribution is 0.102. The first kappa shape index (κ1) is 13.9. The van der Waals surface area contributed by atoms with E-state index < -0.39 is 17.5 Å². The number of aryl methyl sites for hydroxylation is 1. The van der Waals surface area contributed by atoms with E-state index >= 15 is 0 Å². The van der Waals surface area contributed by atoms with Crippen molar-refractivity contribution in [3.8, 4) is 0 Å². The molecule has 19 heavy (non-hydrogen) atoms. The molecule has 0 radical (unpaired) electrons. The number of nitrogens with one attached hydrogen (secondary N) is 1. The standard InChI is InChI=1S/C14H10F2INO/c1-8-2-3-12(7-13(8)17)18-14(19)9-4-10(15)6-11(16)5-9/h2-7H,1H3,(H,18,19). The number of rotatable bonds is 2. The molecule has 0 aromatic heterocycles. The second-order valence-electron chi connectivity index (χ2n) is 4.08. The number of benzene rings is 2. The third-order valence-corrected chi connectivity index (χ3v) is 3.72. The van der Waals surface area contributed by atoms with Gasteiger partial charge in [-0.3, -0.25) is 4.79 Å². The number of carbonyl (C=O) groups excluding carboxylic acids is 1. The van der Waals surface area contributed by atoms with Gasteiger partial charge >= 0.3 is 0 Å². The van der Waals surface area contributed by atoms with E-state index in [-0.39, 0.29) is 5.56 Å². The van der Waals surface area contributed by atoms with Gasteiger partial charge in [-0.25, -0.2) is 8.78 Å². The highest BCUT2D eigenvalue weighted by molar-refractivity contribution is 14.1. The molecular weight excluding hydrogens is 363 g/mol. The van der Waals surface area contributed by atoms with E-state index in [1.165, 1.54) is 0 Å². The van der Waals surface area contributed by atoms with E-state index in [1.807, 2.05) is 13.0 Å². The first-order valence-corrected chi connectivity index (χ1v) is 6.57. The number of hydrogen-bond donors (Lipinski definition) is 1. The molecule has 0 aliphatic rings. The lowest BCUT2D eigenvalue weighted by Crippen LogP contribution is -2.12. The Kier molecular flexibility index (Phi) is 4.14. The molecule has 2 aromatic rings. The van der Waals surface area contributed by atoms with Crippen LogP contribution < -0.4 is 5.32 Å². The van der Waals surface area contributed by atoms with Gasteiger partial charge in [0, 0.05) is 20.9 Å². The monoisotopic (exact) mass is 373 g/mol. The smallest absolute Gasteiger partial charge is 0.255 e. The van der Waals surface area contributed by atoms with Crippen LogP contribution in [0.15, 0.2) is 36.4 Å². The van der Waals surface area contributed by atoms with Gasteiger partial charge in [0.15, 0.2) is 0 Å². The molecule has 0 atom stereocenters. The van der Waals surface area contributed by atoms with E-state index in [9.17, 15) is 13.6 Å². The molecule has 2 rings (SSSR count). The molecule has 5 heteroatoms. The predicted molar refractivity (Wildman–Crippen MR) is 78.2 cm³/mol. The Bertz CT molecular complexity index is 623. The van der Waals surface area contributed by atoms with Crippen molar-refractivity contribution in [3.63, 3.8) is 0 Å². The predicted octanol–water partition coefficient (Wildman–Crippen LogP) is 4.13. The quantitative estimate of drug-likeness (QED) is 0.789. The van der Waals surface area contributed by atoms with Crippen LogP contribution in [0.5, 0.6) is 0 Å². The maximum atomic E-state index is 13.0. The van der Waals surface area contributed by atoms with Gasteiger partial charge in [0.25, 0.3) is 5.91 Å². The summed E-state index contributed by atoms with van der Waals surface area (Å²) in [6, 6.07) is 8.12. The molecule has 0 heterocycles. The van der Waals surface area contributed by atoms with Crippen LogP contribution in [-0.4, -0.2) is 5.91 Å². The van der Waals surface area contributed by atoms with Gasteiger partial charge in [-0.1, -0.05) is 6.07 Å². The summed E-state index contributed by atoms with van der Waals surface area (Å²) < 4.78 is 27.0. The largest absolute Gasteiger partial charge is 0.322 e. The Labute approximate surface area is 123 Å². The minimum Gasteiger partial charge on any atom is -0.322 e. The molecule has 0 unspecified atom stereocenters. The van der Waals surface area contributed by atoms with Gasteiger partial charge in [-0.2, -0.15) is 0 Å². The van der Waals surface area contributed by atoms with Crippen molar-refractivity contribution in [1.82, 2.24) is 0 Å². The van der Waals surface area contributed by atoms with Crippen LogP contribution in [0, 0.1) is 22.1 Å². The van der Waals surface area contributed by atoms with E-state index in [2.05, 4.69) is 27.9 Å². The first-order chi connectivity index (χ1) is 8.95. The molecule has 0 aliphatic carbocycles. The van der Waals surface area contributed by atoms with Crippen LogP contribution >= 0.6 is 22.6 Å².